The SMILES string of the molecule is COc1ccc(CNc2ccc(C)nc2N(C)C)nc1. The molecule has 0 aromatic carbocycles. The molecule has 5 nitrogen and oxygen atoms in total. The maximum atomic E-state index is 5.10. The van der Waals surface area contributed by atoms with Crippen molar-refractivity contribution in [3.8, 4) is 5.75 Å². The van der Waals surface area contributed by atoms with Crippen molar-refractivity contribution in [2.45, 2.75) is 13.5 Å². The molecule has 0 saturated heterocycles. The molecule has 2 heterocycles. The van der Waals surface area contributed by atoms with Gasteiger partial charge in [-0.15, -0.1) is 0 Å². The van der Waals surface area contributed by atoms with Crippen LogP contribution in [0.5, 0.6) is 5.75 Å². The van der Waals surface area contributed by atoms with Gasteiger partial charge < -0.3 is 15.0 Å². The van der Waals surface area contributed by atoms with E-state index in [1.807, 2.05) is 50.2 Å². The largest absolute Gasteiger partial charge is 0.495 e. The molecule has 0 aliphatic rings. The molecule has 0 fully saturated rings. The monoisotopic (exact) mass is 272 g/mol. The number of nitrogens with one attached hydrogen (secondary N) is 1. The van der Waals surface area contributed by atoms with Gasteiger partial charge in [-0.05, 0) is 31.2 Å². The molecule has 1 N–H and O–H groups in total. The van der Waals surface area contributed by atoms with Gasteiger partial charge in [0.1, 0.15) is 5.75 Å². The second-order valence-electron chi connectivity index (χ2n) is 4.76. The normalized spacial score (nSPS) is 10.2. The minimum absolute atomic E-state index is 0.648. The molecule has 5 heteroatoms. The average Bonchev–Trinajstić information content (AvgIpc) is 2.46. The molecule has 0 saturated carbocycles. The first kappa shape index (κ1) is 14.1. The highest BCUT2D eigenvalue weighted by atomic mass is 16.5. The second kappa shape index (κ2) is 6.23. The van der Waals surface area contributed by atoms with E-state index in [0.29, 0.717) is 6.54 Å². The van der Waals surface area contributed by atoms with E-state index in [9.17, 15) is 0 Å². The van der Waals surface area contributed by atoms with Crippen LogP contribution in [0.25, 0.3) is 0 Å². The molecular weight excluding hydrogens is 252 g/mol. The Labute approximate surface area is 119 Å². The number of aromatic nitrogens is 2. The Bertz CT molecular complexity index is 567. The van der Waals surface area contributed by atoms with Crippen molar-refractivity contribution in [1.29, 1.82) is 0 Å². The van der Waals surface area contributed by atoms with Crippen LogP contribution in [-0.2, 0) is 6.54 Å². The Morgan fingerprint density at radius 3 is 2.60 bits per heavy atom. The minimum atomic E-state index is 0.648. The highest BCUT2D eigenvalue weighted by molar-refractivity contribution is 5.65. The van der Waals surface area contributed by atoms with Gasteiger partial charge >= 0.3 is 0 Å². The van der Waals surface area contributed by atoms with Crippen molar-refractivity contribution in [2.75, 3.05) is 31.4 Å². The van der Waals surface area contributed by atoms with Crippen LogP contribution in [-0.4, -0.2) is 31.2 Å². The smallest absolute Gasteiger partial charge is 0.151 e. The fourth-order valence-electron chi connectivity index (χ4n) is 1.84. The van der Waals surface area contributed by atoms with Crippen LogP contribution in [0.15, 0.2) is 30.5 Å². The molecule has 0 unspecified atom stereocenters. The molecule has 106 valence electrons. The van der Waals surface area contributed by atoms with Crippen molar-refractivity contribution in [1.82, 2.24) is 9.97 Å². The van der Waals surface area contributed by atoms with Crippen LogP contribution in [0.4, 0.5) is 11.5 Å². The number of hydrogen-bond donors (Lipinski definition) is 1. The van der Waals surface area contributed by atoms with Gasteiger partial charge in [-0.1, -0.05) is 0 Å². The minimum Gasteiger partial charge on any atom is -0.495 e. The van der Waals surface area contributed by atoms with Crippen LogP contribution in [0.3, 0.4) is 0 Å². The molecule has 0 amide bonds. The van der Waals surface area contributed by atoms with E-state index < -0.39 is 0 Å². The van der Waals surface area contributed by atoms with Gasteiger partial charge in [-0.2, -0.15) is 0 Å². The third-order valence-corrected chi connectivity index (χ3v) is 2.93. The predicted molar refractivity (Wildman–Crippen MR) is 81.4 cm³/mol. The summed E-state index contributed by atoms with van der Waals surface area (Å²) in [5, 5.41) is 3.37. The molecule has 0 atom stereocenters. The number of anilines is 2. The number of nitrogens with zero attached hydrogens (tertiary/aromatic N) is 3. The Hall–Kier alpha value is -2.30. The van der Waals surface area contributed by atoms with Crippen LogP contribution >= 0.6 is 0 Å². The zero-order valence-corrected chi connectivity index (χ0v) is 12.3. The van der Waals surface area contributed by atoms with Crippen molar-refractivity contribution in [3.63, 3.8) is 0 Å². The highest BCUT2D eigenvalue weighted by Crippen LogP contribution is 2.22. The topological polar surface area (TPSA) is 50.3 Å². The second-order valence-corrected chi connectivity index (χ2v) is 4.76. The summed E-state index contributed by atoms with van der Waals surface area (Å²) in [7, 11) is 5.60. The Balaban J connectivity index is 2.10. The van der Waals surface area contributed by atoms with Crippen molar-refractivity contribution >= 4 is 11.5 Å². The summed E-state index contributed by atoms with van der Waals surface area (Å²) >= 11 is 0. The summed E-state index contributed by atoms with van der Waals surface area (Å²) in [5.74, 6) is 1.69. The predicted octanol–water partition coefficient (Wildman–Crippen LogP) is 2.47. The third kappa shape index (κ3) is 3.38. The van der Waals surface area contributed by atoms with Gasteiger partial charge in [0, 0.05) is 19.8 Å². The summed E-state index contributed by atoms with van der Waals surface area (Å²) in [6.45, 7) is 2.64. The molecule has 2 aromatic heterocycles. The van der Waals surface area contributed by atoms with Gasteiger partial charge in [-0.25, -0.2) is 4.98 Å². The van der Waals surface area contributed by atoms with Crippen LogP contribution in [0, 0.1) is 6.92 Å². The summed E-state index contributed by atoms with van der Waals surface area (Å²) < 4.78 is 5.10. The number of hydrogen-bond acceptors (Lipinski definition) is 5. The first-order valence-corrected chi connectivity index (χ1v) is 6.48. The molecule has 0 spiro atoms. The molecular formula is C15H20N4O. The van der Waals surface area contributed by atoms with Gasteiger partial charge in [0.2, 0.25) is 0 Å². The lowest BCUT2D eigenvalue weighted by Gasteiger charge is -2.17. The van der Waals surface area contributed by atoms with Crippen molar-refractivity contribution in [2.24, 2.45) is 0 Å². The Morgan fingerprint density at radius 2 is 2.00 bits per heavy atom. The van der Waals surface area contributed by atoms with Crippen LogP contribution in [0.1, 0.15) is 11.4 Å². The number of pyridine rings is 2. The van der Waals surface area contributed by atoms with E-state index in [1.165, 1.54) is 0 Å². The molecule has 0 bridgehead atoms. The third-order valence-electron chi connectivity index (χ3n) is 2.93. The maximum absolute atomic E-state index is 5.10. The number of ether oxygens (including phenoxy) is 1. The van der Waals surface area contributed by atoms with E-state index in [2.05, 4.69) is 15.3 Å². The van der Waals surface area contributed by atoms with Crippen LogP contribution in [0.2, 0.25) is 0 Å². The highest BCUT2D eigenvalue weighted by Gasteiger charge is 2.06. The molecule has 2 aromatic rings. The summed E-state index contributed by atoms with van der Waals surface area (Å²) in [4.78, 5) is 10.9. The fraction of sp³-hybridized carbons (Fsp3) is 0.333. The Morgan fingerprint density at radius 1 is 1.20 bits per heavy atom. The standard InChI is InChI=1S/C15H20N4O/c1-11-5-8-14(15(18-11)19(2)3)17-9-12-6-7-13(20-4)10-16-12/h5-8,10,17H,9H2,1-4H3. The molecule has 20 heavy (non-hydrogen) atoms. The molecule has 2 rings (SSSR count). The number of aryl methyl sites for hydroxylation is 1. The molecule has 0 aliphatic carbocycles. The lowest BCUT2D eigenvalue weighted by Crippen LogP contribution is -2.14. The van der Waals surface area contributed by atoms with Crippen molar-refractivity contribution in [3.05, 3.63) is 41.9 Å². The quantitative estimate of drug-likeness (QED) is 0.906. The average molecular weight is 272 g/mol. The van der Waals surface area contributed by atoms with Crippen LogP contribution < -0.4 is 15.0 Å². The Kier molecular flexibility index (Phi) is 4.40. The fourth-order valence-corrected chi connectivity index (χ4v) is 1.84. The zero-order valence-electron chi connectivity index (χ0n) is 12.3. The van der Waals surface area contributed by atoms with E-state index in [1.54, 1.807) is 13.3 Å². The van der Waals surface area contributed by atoms with E-state index in [0.717, 1.165) is 28.6 Å². The summed E-state index contributed by atoms with van der Waals surface area (Å²) in [5.41, 5.74) is 2.95. The number of rotatable bonds is 5. The van der Waals surface area contributed by atoms with E-state index in [4.69, 9.17) is 4.74 Å². The zero-order chi connectivity index (χ0) is 14.5. The molecule has 0 radical (unpaired) electrons. The first-order chi connectivity index (χ1) is 9.60. The van der Waals surface area contributed by atoms with Gasteiger partial charge in [0.25, 0.3) is 0 Å². The first-order valence-electron chi connectivity index (χ1n) is 6.48. The summed E-state index contributed by atoms with van der Waals surface area (Å²) in [6, 6.07) is 7.89. The van der Waals surface area contributed by atoms with Crippen molar-refractivity contribution < 1.29 is 4.74 Å². The summed E-state index contributed by atoms with van der Waals surface area (Å²) in [6.07, 6.45) is 1.72. The van der Waals surface area contributed by atoms with Gasteiger partial charge in [0.05, 0.1) is 31.2 Å². The van der Waals surface area contributed by atoms with E-state index in [-0.39, 0.29) is 0 Å². The lowest BCUT2D eigenvalue weighted by atomic mass is 10.3. The van der Waals surface area contributed by atoms with E-state index >= 15 is 0 Å². The lowest BCUT2D eigenvalue weighted by molar-refractivity contribution is 0.412. The maximum Gasteiger partial charge on any atom is 0.151 e. The van der Waals surface area contributed by atoms with Gasteiger partial charge in [0.15, 0.2) is 5.82 Å². The number of methoxy groups -OCH3 is 1. The molecule has 0 aliphatic heterocycles. The van der Waals surface area contributed by atoms with Gasteiger partial charge in [-0.3, -0.25) is 4.98 Å².